The minimum atomic E-state index is -4.64. The van der Waals surface area contributed by atoms with Crippen LogP contribution in [0.25, 0.3) is 0 Å². The summed E-state index contributed by atoms with van der Waals surface area (Å²) in [5, 5.41) is 1.86. The van der Waals surface area contributed by atoms with Gasteiger partial charge in [0, 0.05) is 16.9 Å². The first-order valence-corrected chi connectivity index (χ1v) is 8.98. The van der Waals surface area contributed by atoms with Crippen LogP contribution in [0.3, 0.4) is 0 Å². The number of rotatable bonds is 4. The SMILES string of the molecule is CS(=O)(=O)Nc1ccc(C(=O)Nc2ccc(Cl)c(C(F)(F)F)c2)cc1. The Kier molecular flexibility index (Phi) is 5.28. The van der Waals surface area contributed by atoms with Crippen LogP contribution in [0.5, 0.6) is 0 Å². The number of carbonyl (C=O) groups is 1. The van der Waals surface area contributed by atoms with Crippen LogP contribution in [0.4, 0.5) is 24.5 Å². The van der Waals surface area contributed by atoms with Gasteiger partial charge in [-0.1, -0.05) is 11.6 Å². The van der Waals surface area contributed by atoms with Crippen molar-refractivity contribution in [2.75, 3.05) is 16.3 Å². The predicted octanol–water partition coefficient (Wildman–Crippen LogP) is 3.98. The zero-order valence-corrected chi connectivity index (χ0v) is 14.3. The molecule has 1 amide bonds. The van der Waals surface area contributed by atoms with E-state index in [1.165, 1.54) is 30.3 Å². The molecule has 0 spiro atoms. The van der Waals surface area contributed by atoms with E-state index in [1.54, 1.807) is 0 Å². The Morgan fingerprint density at radius 3 is 2.12 bits per heavy atom. The van der Waals surface area contributed by atoms with E-state index in [2.05, 4.69) is 10.0 Å². The molecule has 2 rings (SSSR count). The molecule has 134 valence electrons. The Hall–Kier alpha value is -2.26. The highest BCUT2D eigenvalue weighted by Crippen LogP contribution is 2.36. The monoisotopic (exact) mass is 392 g/mol. The molecule has 0 fully saturated rings. The van der Waals surface area contributed by atoms with Crippen LogP contribution in [0.1, 0.15) is 15.9 Å². The van der Waals surface area contributed by atoms with Gasteiger partial charge in [0.1, 0.15) is 0 Å². The molecule has 0 saturated heterocycles. The summed E-state index contributed by atoms with van der Waals surface area (Å²) in [5.41, 5.74) is -0.729. The van der Waals surface area contributed by atoms with E-state index in [4.69, 9.17) is 11.6 Å². The van der Waals surface area contributed by atoms with Gasteiger partial charge < -0.3 is 5.32 Å². The lowest BCUT2D eigenvalue weighted by Crippen LogP contribution is -2.14. The average Bonchev–Trinajstić information content (AvgIpc) is 2.47. The Balaban J connectivity index is 2.17. The van der Waals surface area contributed by atoms with Crippen molar-refractivity contribution in [3.05, 3.63) is 58.6 Å². The number of sulfonamides is 1. The molecule has 0 unspecified atom stereocenters. The standard InChI is InChI=1S/C15H12ClF3N2O3S/c1-25(23,24)21-10-4-2-9(3-5-10)14(22)20-11-6-7-13(16)12(8-11)15(17,18)19/h2-8,21H,1H3,(H,20,22). The molecule has 2 N–H and O–H groups in total. The largest absolute Gasteiger partial charge is 0.417 e. The van der Waals surface area contributed by atoms with E-state index in [1.807, 2.05) is 0 Å². The first-order valence-electron chi connectivity index (χ1n) is 6.72. The third-order valence-corrected chi connectivity index (χ3v) is 3.92. The second-order valence-electron chi connectivity index (χ2n) is 5.10. The lowest BCUT2D eigenvalue weighted by atomic mass is 10.1. The molecule has 0 aliphatic heterocycles. The van der Waals surface area contributed by atoms with Crippen LogP contribution in [-0.4, -0.2) is 20.6 Å². The van der Waals surface area contributed by atoms with Crippen LogP contribution in [-0.2, 0) is 16.2 Å². The van der Waals surface area contributed by atoms with Crippen LogP contribution in [0.15, 0.2) is 42.5 Å². The van der Waals surface area contributed by atoms with Gasteiger partial charge in [0.15, 0.2) is 0 Å². The van der Waals surface area contributed by atoms with Gasteiger partial charge in [-0.05, 0) is 42.5 Å². The summed E-state index contributed by atoms with van der Waals surface area (Å²) >= 11 is 5.52. The second-order valence-corrected chi connectivity index (χ2v) is 7.25. The normalized spacial score (nSPS) is 11.9. The van der Waals surface area contributed by atoms with E-state index in [-0.39, 0.29) is 16.9 Å². The van der Waals surface area contributed by atoms with Gasteiger partial charge in [-0.2, -0.15) is 13.2 Å². The van der Waals surface area contributed by atoms with Crippen molar-refractivity contribution in [3.8, 4) is 0 Å². The maximum absolute atomic E-state index is 12.8. The summed E-state index contributed by atoms with van der Waals surface area (Å²) in [7, 11) is -3.45. The van der Waals surface area contributed by atoms with Gasteiger partial charge in [-0.25, -0.2) is 8.42 Å². The molecule has 0 heterocycles. The van der Waals surface area contributed by atoms with Crippen LogP contribution in [0.2, 0.25) is 5.02 Å². The van der Waals surface area contributed by atoms with Crippen molar-refractivity contribution in [2.45, 2.75) is 6.18 Å². The van der Waals surface area contributed by atoms with Gasteiger partial charge in [0.25, 0.3) is 5.91 Å². The Bertz CT molecular complexity index is 897. The van der Waals surface area contributed by atoms with Crippen molar-refractivity contribution in [3.63, 3.8) is 0 Å². The number of carbonyl (C=O) groups excluding carboxylic acids is 1. The van der Waals surface area contributed by atoms with Gasteiger partial charge >= 0.3 is 6.18 Å². The number of nitrogens with one attached hydrogen (secondary N) is 2. The highest BCUT2D eigenvalue weighted by molar-refractivity contribution is 7.92. The lowest BCUT2D eigenvalue weighted by molar-refractivity contribution is -0.137. The van der Waals surface area contributed by atoms with E-state index in [0.717, 1.165) is 18.4 Å². The van der Waals surface area contributed by atoms with Crippen molar-refractivity contribution in [1.29, 1.82) is 0 Å². The number of hydrogen-bond acceptors (Lipinski definition) is 3. The Morgan fingerprint density at radius 2 is 1.60 bits per heavy atom. The summed E-state index contributed by atoms with van der Waals surface area (Å²) in [6.45, 7) is 0. The Morgan fingerprint density at radius 1 is 1.04 bits per heavy atom. The summed E-state index contributed by atoms with van der Waals surface area (Å²) in [5.74, 6) is -0.652. The quantitative estimate of drug-likeness (QED) is 0.826. The van der Waals surface area contributed by atoms with Crippen molar-refractivity contribution in [2.24, 2.45) is 0 Å². The topological polar surface area (TPSA) is 75.3 Å². The van der Waals surface area contributed by atoms with Gasteiger partial charge in [-0.3, -0.25) is 9.52 Å². The van der Waals surface area contributed by atoms with E-state index < -0.39 is 32.7 Å². The molecule has 0 aliphatic carbocycles. The second kappa shape index (κ2) is 6.93. The number of hydrogen-bond donors (Lipinski definition) is 2. The van der Waals surface area contributed by atoms with Crippen molar-refractivity contribution in [1.82, 2.24) is 0 Å². The molecule has 0 radical (unpaired) electrons. The fourth-order valence-electron chi connectivity index (χ4n) is 1.93. The number of anilines is 2. The van der Waals surface area contributed by atoms with Crippen LogP contribution in [0, 0.1) is 0 Å². The van der Waals surface area contributed by atoms with Crippen LogP contribution >= 0.6 is 11.6 Å². The third kappa shape index (κ3) is 5.36. The smallest absolute Gasteiger partial charge is 0.322 e. The molecule has 5 nitrogen and oxygen atoms in total. The minimum Gasteiger partial charge on any atom is -0.322 e. The van der Waals surface area contributed by atoms with E-state index in [0.29, 0.717) is 0 Å². The fraction of sp³-hybridized carbons (Fsp3) is 0.133. The zero-order valence-electron chi connectivity index (χ0n) is 12.7. The predicted molar refractivity (Wildman–Crippen MR) is 89.3 cm³/mol. The molecule has 2 aromatic carbocycles. The van der Waals surface area contributed by atoms with E-state index >= 15 is 0 Å². The molecule has 0 atom stereocenters. The third-order valence-electron chi connectivity index (χ3n) is 2.98. The van der Waals surface area contributed by atoms with Gasteiger partial charge in [-0.15, -0.1) is 0 Å². The number of alkyl halides is 3. The molecule has 2 aromatic rings. The number of amides is 1. The first kappa shape index (κ1) is 19.1. The minimum absolute atomic E-state index is 0.0694. The molecule has 0 bridgehead atoms. The molecule has 0 aromatic heterocycles. The highest BCUT2D eigenvalue weighted by Gasteiger charge is 2.33. The van der Waals surface area contributed by atoms with Crippen molar-refractivity contribution >= 4 is 38.9 Å². The zero-order chi connectivity index (χ0) is 18.8. The highest BCUT2D eigenvalue weighted by atomic mass is 35.5. The maximum atomic E-state index is 12.8. The first-order chi connectivity index (χ1) is 11.5. The molecule has 10 heteroatoms. The molecule has 25 heavy (non-hydrogen) atoms. The average molecular weight is 393 g/mol. The fourth-order valence-corrected chi connectivity index (χ4v) is 2.72. The summed E-state index contributed by atoms with van der Waals surface area (Å²) in [6.07, 6.45) is -3.66. The van der Waals surface area contributed by atoms with Gasteiger partial charge in [0.2, 0.25) is 10.0 Å². The molecular formula is C15H12ClF3N2O3S. The molecule has 0 aliphatic rings. The molecule has 0 saturated carbocycles. The van der Waals surface area contributed by atoms with Crippen LogP contribution < -0.4 is 10.0 Å². The van der Waals surface area contributed by atoms with E-state index in [9.17, 15) is 26.4 Å². The lowest BCUT2D eigenvalue weighted by Gasteiger charge is -2.12. The maximum Gasteiger partial charge on any atom is 0.417 e. The number of benzene rings is 2. The Labute approximate surface area is 146 Å². The summed E-state index contributed by atoms with van der Waals surface area (Å²) in [4.78, 5) is 12.1. The number of halogens is 4. The van der Waals surface area contributed by atoms with Gasteiger partial charge in [0.05, 0.1) is 16.8 Å². The van der Waals surface area contributed by atoms with Crippen molar-refractivity contribution < 1.29 is 26.4 Å². The summed E-state index contributed by atoms with van der Waals surface area (Å²) in [6, 6.07) is 8.42. The summed E-state index contributed by atoms with van der Waals surface area (Å²) < 4.78 is 62.9. The molecular weight excluding hydrogens is 381 g/mol.